The molecule has 0 bridgehead atoms. The van der Waals surface area contributed by atoms with Crippen molar-refractivity contribution in [2.45, 2.75) is 33.2 Å². The van der Waals surface area contributed by atoms with Crippen LogP contribution >= 0.6 is 0 Å². The van der Waals surface area contributed by atoms with Crippen molar-refractivity contribution in [2.24, 2.45) is 10.9 Å². The lowest BCUT2D eigenvalue weighted by Gasteiger charge is -2.33. The molecule has 1 unspecified atom stereocenters. The number of hydrogen-bond acceptors (Lipinski definition) is 1. The van der Waals surface area contributed by atoms with Gasteiger partial charge in [0.15, 0.2) is 5.96 Å². The lowest BCUT2D eigenvalue weighted by Crippen LogP contribution is -2.46. The molecule has 1 aromatic carbocycles. The highest BCUT2D eigenvalue weighted by Crippen LogP contribution is 2.16. The molecule has 1 aromatic rings. The van der Waals surface area contributed by atoms with Gasteiger partial charge in [-0.2, -0.15) is 0 Å². The normalized spacial score (nSPS) is 20.1. The fourth-order valence-corrected chi connectivity index (χ4v) is 2.59. The third-order valence-corrected chi connectivity index (χ3v) is 3.65. The van der Waals surface area contributed by atoms with E-state index in [2.05, 4.69) is 29.1 Å². The predicted octanol–water partition coefficient (Wildman–Crippen LogP) is 3.02. The van der Waals surface area contributed by atoms with Gasteiger partial charge < -0.3 is 10.2 Å². The van der Waals surface area contributed by atoms with Crippen molar-refractivity contribution in [3.63, 3.8) is 0 Å². The maximum absolute atomic E-state index is 13.6. The molecule has 3 nitrogen and oxygen atoms in total. The SMILES string of the molecule is CCNC(=NCc1ccccc1F)N1CCCC(C)C1. The maximum atomic E-state index is 13.6. The first-order chi connectivity index (χ1) is 9.70. The number of rotatable bonds is 3. The lowest BCUT2D eigenvalue weighted by atomic mass is 10.0. The van der Waals surface area contributed by atoms with Crippen LogP contribution in [0.5, 0.6) is 0 Å². The number of guanidine groups is 1. The molecule has 1 saturated heterocycles. The van der Waals surface area contributed by atoms with Crippen molar-refractivity contribution in [3.8, 4) is 0 Å². The number of piperidine rings is 1. The van der Waals surface area contributed by atoms with E-state index in [1.807, 2.05) is 6.07 Å². The lowest BCUT2D eigenvalue weighted by molar-refractivity contribution is 0.266. The molecule has 1 N–H and O–H groups in total. The van der Waals surface area contributed by atoms with Crippen molar-refractivity contribution >= 4 is 5.96 Å². The Balaban J connectivity index is 2.07. The summed E-state index contributed by atoms with van der Waals surface area (Å²) in [6.45, 7) is 7.62. The molecule has 2 rings (SSSR count). The number of nitrogens with one attached hydrogen (secondary N) is 1. The summed E-state index contributed by atoms with van der Waals surface area (Å²) in [5.41, 5.74) is 0.646. The van der Waals surface area contributed by atoms with Gasteiger partial charge >= 0.3 is 0 Å². The van der Waals surface area contributed by atoms with Crippen LogP contribution in [0.25, 0.3) is 0 Å². The van der Waals surface area contributed by atoms with Gasteiger partial charge in [0.05, 0.1) is 6.54 Å². The highest BCUT2D eigenvalue weighted by molar-refractivity contribution is 5.80. The van der Waals surface area contributed by atoms with E-state index in [4.69, 9.17) is 0 Å². The minimum absolute atomic E-state index is 0.181. The van der Waals surface area contributed by atoms with Gasteiger partial charge in [-0.3, -0.25) is 0 Å². The summed E-state index contributed by atoms with van der Waals surface area (Å²) in [7, 11) is 0. The summed E-state index contributed by atoms with van der Waals surface area (Å²) in [4.78, 5) is 6.88. The Bertz CT molecular complexity index is 459. The molecule has 0 saturated carbocycles. The zero-order chi connectivity index (χ0) is 14.4. The molecule has 0 amide bonds. The number of hydrogen-bond donors (Lipinski definition) is 1. The molecule has 1 fully saturated rings. The van der Waals surface area contributed by atoms with Crippen molar-refractivity contribution in [3.05, 3.63) is 35.6 Å². The number of nitrogens with zero attached hydrogens (tertiary/aromatic N) is 2. The van der Waals surface area contributed by atoms with Gasteiger partial charge in [0.2, 0.25) is 0 Å². The summed E-state index contributed by atoms with van der Waals surface area (Å²) in [6.07, 6.45) is 2.48. The van der Waals surface area contributed by atoms with E-state index in [-0.39, 0.29) is 5.82 Å². The van der Waals surface area contributed by atoms with Gasteiger partial charge in [-0.25, -0.2) is 9.38 Å². The van der Waals surface area contributed by atoms with E-state index in [0.717, 1.165) is 25.6 Å². The number of aliphatic imine (C=N–C) groups is 1. The third-order valence-electron chi connectivity index (χ3n) is 3.65. The van der Waals surface area contributed by atoms with Crippen LogP contribution in [-0.4, -0.2) is 30.5 Å². The Labute approximate surface area is 120 Å². The second-order valence-electron chi connectivity index (χ2n) is 5.45. The summed E-state index contributed by atoms with van der Waals surface area (Å²) >= 11 is 0. The highest BCUT2D eigenvalue weighted by atomic mass is 19.1. The molecule has 20 heavy (non-hydrogen) atoms. The van der Waals surface area contributed by atoms with Crippen molar-refractivity contribution in [2.75, 3.05) is 19.6 Å². The fraction of sp³-hybridized carbons (Fsp3) is 0.562. The van der Waals surface area contributed by atoms with E-state index in [9.17, 15) is 4.39 Å². The van der Waals surface area contributed by atoms with E-state index < -0.39 is 0 Å². The molecule has 0 radical (unpaired) electrons. The zero-order valence-electron chi connectivity index (χ0n) is 12.4. The second-order valence-corrected chi connectivity index (χ2v) is 5.45. The van der Waals surface area contributed by atoms with E-state index in [1.165, 1.54) is 18.9 Å². The van der Waals surface area contributed by atoms with Crippen LogP contribution in [0.2, 0.25) is 0 Å². The standard InChI is InChI=1S/C16H24FN3/c1-3-18-16(20-10-6-7-13(2)12-20)19-11-14-8-4-5-9-15(14)17/h4-5,8-9,13H,3,6-7,10-12H2,1-2H3,(H,18,19). The van der Waals surface area contributed by atoms with Crippen LogP contribution in [0.15, 0.2) is 29.3 Å². The molecule has 1 aliphatic rings. The van der Waals surface area contributed by atoms with Crippen LogP contribution < -0.4 is 5.32 Å². The van der Waals surface area contributed by atoms with Crippen LogP contribution in [0.3, 0.4) is 0 Å². The third kappa shape index (κ3) is 3.95. The topological polar surface area (TPSA) is 27.6 Å². The Hall–Kier alpha value is -1.58. The summed E-state index contributed by atoms with van der Waals surface area (Å²) in [6, 6.07) is 6.84. The monoisotopic (exact) mass is 277 g/mol. The first-order valence-electron chi connectivity index (χ1n) is 7.47. The highest BCUT2D eigenvalue weighted by Gasteiger charge is 2.19. The molecule has 0 aliphatic carbocycles. The Morgan fingerprint density at radius 3 is 2.95 bits per heavy atom. The van der Waals surface area contributed by atoms with Crippen LogP contribution in [0.4, 0.5) is 4.39 Å². The smallest absolute Gasteiger partial charge is 0.194 e. The van der Waals surface area contributed by atoms with Crippen LogP contribution in [0.1, 0.15) is 32.3 Å². The van der Waals surface area contributed by atoms with Crippen molar-refractivity contribution in [1.29, 1.82) is 0 Å². The summed E-state index contributed by atoms with van der Waals surface area (Å²) in [5.74, 6) is 1.42. The van der Waals surface area contributed by atoms with Gasteiger partial charge in [0, 0.05) is 25.2 Å². The van der Waals surface area contributed by atoms with Gasteiger partial charge in [0.25, 0.3) is 0 Å². The average Bonchev–Trinajstić information content (AvgIpc) is 2.45. The largest absolute Gasteiger partial charge is 0.357 e. The molecule has 4 heteroatoms. The minimum Gasteiger partial charge on any atom is -0.357 e. The zero-order valence-corrected chi connectivity index (χ0v) is 12.4. The minimum atomic E-state index is -0.181. The number of likely N-dealkylation sites (tertiary alicyclic amines) is 1. The summed E-state index contributed by atoms with van der Waals surface area (Å²) in [5, 5.41) is 3.32. The van der Waals surface area contributed by atoms with E-state index in [0.29, 0.717) is 18.0 Å². The van der Waals surface area contributed by atoms with Crippen LogP contribution in [0, 0.1) is 11.7 Å². The first kappa shape index (κ1) is 14.8. The molecular weight excluding hydrogens is 253 g/mol. The predicted molar refractivity (Wildman–Crippen MR) is 81.2 cm³/mol. The van der Waals surface area contributed by atoms with E-state index >= 15 is 0 Å². The molecule has 1 atom stereocenters. The van der Waals surface area contributed by atoms with E-state index in [1.54, 1.807) is 12.1 Å². The molecule has 0 aromatic heterocycles. The Morgan fingerprint density at radius 1 is 1.45 bits per heavy atom. The van der Waals surface area contributed by atoms with Crippen molar-refractivity contribution in [1.82, 2.24) is 10.2 Å². The first-order valence-corrected chi connectivity index (χ1v) is 7.47. The van der Waals surface area contributed by atoms with Gasteiger partial charge in [-0.05, 0) is 31.7 Å². The van der Waals surface area contributed by atoms with Gasteiger partial charge in [-0.1, -0.05) is 25.1 Å². The van der Waals surface area contributed by atoms with Gasteiger partial charge in [-0.15, -0.1) is 0 Å². The fourth-order valence-electron chi connectivity index (χ4n) is 2.59. The van der Waals surface area contributed by atoms with Gasteiger partial charge in [0.1, 0.15) is 5.82 Å². The Kier molecular flexibility index (Phi) is 5.39. The molecule has 110 valence electrons. The molecule has 0 spiro atoms. The molecular formula is C16H24FN3. The van der Waals surface area contributed by atoms with Crippen LogP contribution in [-0.2, 0) is 6.54 Å². The maximum Gasteiger partial charge on any atom is 0.194 e. The number of halogens is 1. The molecule has 1 aliphatic heterocycles. The number of benzene rings is 1. The summed E-state index contributed by atoms with van der Waals surface area (Å²) < 4.78 is 13.6. The van der Waals surface area contributed by atoms with Crippen molar-refractivity contribution < 1.29 is 4.39 Å². The second kappa shape index (κ2) is 7.27. The molecule has 1 heterocycles. The Morgan fingerprint density at radius 2 is 2.25 bits per heavy atom. The average molecular weight is 277 g/mol. The quantitative estimate of drug-likeness (QED) is 0.679.